The summed E-state index contributed by atoms with van der Waals surface area (Å²) in [5, 5.41) is 0. The van der Waals surface area contributed by atoms with Gasteiger partial charge in [0.1, 0.15) is 0 Å². The summed E-state index contributed by atoms with van der Waals surface area (Å²) in [6, 6.07) is 75.4. The number of rotatable bonds is 6. The van der Waals surface area contributed by atoms with Crippen LogP contribution in [-0.2, 0) is 5.41 Å². The molecular formula is C53H36. The van der Waals surface area contributed by atoms with Crippen molar-refractivity contribution in [2.45, 2.75) is 5.41 Å². The van der Waals surface area contributed by atoms with Crippen molar-refractivity contribution in [2.75, 3.05) is 0 Å². The van der Waals surface area contributed by atoms with Crippen molar-refractivity contribution in [1.29, 1.82) is 0 Å². The molecule has 0 N–H and O–H groups in total. The predicted molar refractivity (Wildman–Crippen MR) is 222 cm³/mol. The molecule has 0 unspecified atom stereocenters. The minimum Gasteiger partial charge on any atom is -0.0622 e. The van der Waals surface area contributed by atoms with Gasteiger partial charge in [-0.25, -0.2) is 0 Å². The number of benzene rings is 8. The summed E-state index contributed by atoms with van der Waals surface area (Å²) in [6.07, 6.45) is 4.74. The Morgan fingerprint density at radius 2 is 0.585 bits per heavy atom. The molecule has 0 heteroatoms. The third kappa shape index (κ3) is 5.06. The molecule has 248 valence electrons. The maximum absolute atomic E-state index is 2.47. The van der Waals surface area contributed by atoms with E-state index in [1.54, 1.807) is 0 Å². The molecule has 0 saturated carbocycles. The largest absolute Gasteiger partial charge is 0.0725 e. The highest BCUT2D eigenvalue weighted by atomic mass is 14.5. The van der Waals surface area contributed by atoms with Crippen LogP contribution in [0.1, 0.15) is 55.6 Å². The summed E-state index contributed by atoms with van der Waals surface area (Å²) >= 11 is 0. The van der Waals surface area contributed by atoms with Gasteiger partial charge in [-0.2, -0.15) is 0 Å². The summed E-state index contributed by atoms with van der Waals surface area (Å²) < 4.78 is 0. The number of hydrogen-bond acceptors (Lipinski definition) is 0. The van der Waals surface area contributed by atoms with E-state index in [4.69, 9.17) is 0 Å². The molecule has 2 aliphatic carbocycles. The molecule has 53 heavy (non-hydrogen) atoms. The molecule has 0 aliphatic heterocycles. The first-order chi connectivity index (χ1) is 26.3. The van der Waals surface area contributed by atoms with Crippen molar-refractivity contribution in [2.24, 2.45) is 0 Å². The maximum atomic E-state index is 2.47. The van der Waals surface area contributed by atoms with Crippen molar-refractivity contribution in [3.8, 4) is 22.3 Å². The van der Waals surface area contributed by atoms with E-state index < -0.39 is 5.41 Å². The molecule has 0 bridgehead atoms. The molecule has 0 aromatic heterocycles. The lowest BCUT2D eigenvalue weighted by Crippen LogP contribution is -2.26. The van der Waals surface area contributed by atoms with Crippen LogP contribution in [0.15, 0.2) is 206 Å². The molecule has 8 aromatic carbocycles. The Morgan fingerprint density at radius 3 is 0.943 bits per heavy atom. The van der Waals surface area contributed by atoms with Gasteiger partial charge < -0.3 is 0 Å². The van der Waals surface area contributed by atoms with E-state index >= 15 is 0 Å². The Balaban J connectivity index is 1.22. The minimum absolute atomic E-state index is 0.454. The fourth-order valence-electron chi connectivity index (χ4n) is 8.82. The molecule has 0 atom stereocenters. The number of fused-ring (bicyclic) bond motifs is 10. The van der Waals surface area contributed by atoms with Gasteiger partial charge in [0.25, 0.3) is 0 Å². The van der Waals surface area contributed by atoms with E-state index in [0.29, 0.717) is 0 Å². The first kappa shape index (κ1) is 31.0. The first-order valence-electron chi connectivity index (χ1n) is 18.4. The van der Waals surface area contributed by atoms with Crippen molar-refractivity contribution in [1.82, 2.24) is 0 Å². The van der Waals surface area contributed by atoms with Gasteiger partial charge >= 0.3 is 0 Å². The van der Waals surface area contributed by atoms with Crippen LogP contribution in [0, 0.1) is 0 Å². The van der Waals surface area contributed by atoms with E-state index in [2.05, 4.69) is 218 Å². The highest BCUT2D eigenvalue weighted by Gasteiger charge is 2.51. The van der Waals surface area contributed by atoms with E-state index in [1.807, 2.05) is 0 Å². The summed E-state index contributed by atoms with van der Waals surface area (Å²) in [7, 11) is 0. The van der Waals surface area contributed by atoms with E-state index in [-0.39, 0.29) is 0 Å². The lowest BCUT2D eigenvalue weighted by atomic mass is 9.70. The van der Waals surface area contributed by atoms with Crippen LogP contribution in [0.3, 0.4) is 0 Å². The van der Waals surface area contributed by atoms with Crippen LogP contribution < -0.4 is 0 Å². The van der Waals surface area contributed by atoms with Gasteiger partial charge in [0, 0.05) is 0 Å². The molecule has 2 aliphatic rings. The molecule has 8 aromatic rings. The van der Waals surface area contributed by atoms with Gasteiger partial charge in [-0.1, -0.05) is 194 Å². The van der Waals surface area contributed by atoms with Crippen LogP contribution >= 0.6 is 0 Å². The van der Waals surface area contributed by atoms with Gasteiger partial charge in [-0.3, -0.25) is 0 Å². The molecule has 0 amide bonds. The molecule has 0 radical (unpaired) electrons. The Morgan fingerprint density at radius 1 is 0.283 bits per heavy atom. The zero-order valence-corrected chi connectivity index (χ0v) is 29.3. The second kappa shape index (κ2) is 12.8. The summed E-state index contributed by atoms with van der Waals surface area (Å²) in [5.74, 6) is 0. The Labute approximate surface area is 311 Å². The average molecular weight is 673 g/mol. The lowest BCUT2D eigenvalue weighted by Gasteiger charge is -2.31. The molecule has 10 rings (SSSR count). The maximum Gasteiger partial charge on any atom is 0.0725 e. The van der Waals surface area contributed by atoms with E-state index in [0.717, 1.165) is 0 Å². The van der Waals surface area contributed by atoms with Gasteiger partial charge in [-0.05, 0) is 113 Å². The fourth-order valence-corrected chi connectivity index (χ4v) is 8.82. The van der Waals surface area contributed by atoms with Crippen molar-refractivity contribution < 1.29 is 0 Å². The topological polar surface area (TPSA) is 0 Å². The third-order valence-electron chi connectivity index (χ3n) is 11.1. The zero-order chi connectivity index (χ0) is 35.2. The van der Waals surface area contributed by atoms with Gasteiger partial charge in [0.05, 0.1) is 5.41 Å². The smallest absolute Gasteiger partial charge is 0.0622 e. The first-order valence-corrected chi connectivity index (χ1v) is 18.4. The third-order valence-corrected chi connectivity index (χ3v) is 11.1. The molecule has 0 fully saturated rings. The SMILES string of the molecule is C(=C(c1ccccc1)c1ccccc1)c1ccc2c(c1)C1(c3ccccc3-2)c2ccccc2-c2ccc(C=C(c3ccccc3)c3ccccc3)cc21. The molecule has 0 saturated heterocycles. The standard InChI is InChI=1S/C53H36/c1-5-17-39(18-6-1)47(40-19-7-2-8-20-40)33-37-29-31-45-43-25-13-15-27-49(43)53(51(45)35-37)50-28-16-14-26-44(50)46-32-30-38(36-52(46)53)34-48(41-21-9-3-10-22-41)42-23-11-4-12-24-42/h1-36H. The molecule has 1 spiro atoms. The quantitative estimate of drug-likeness (QED) is 0.154. The molecular weight excluding hydrogens is 637 g/mol. The van der Waals surface area contributed by atoms with Gasteiger partial charge in [-0.15, -0.1) is 0 Å². The summed E-state index contributed by atoms with van der Waals surface area (Å²) in [6.45, 7) is 0. The lowest BCUT2D eigenvalue weighted by molar-refractivity contribution is 0.793. The van der Waals surface area contributed by atoms with Crippen LogP contribution in [0.25, 0.3) is 45.6 Å². The zero-order valence-electron chi connectivity index (χ0n) is 29.3. The molecule has 0 heterocycles. The predicted octanol–water partition coefficient (Wildman–Crippen LogP) is 13.2. The second-order valence-corrected chi connectivity index (χ2v) is 14.0. The monoisotopic (exact) mass is 672 g/mol. The van der Waals surface area contributed by atoms with Gasteiger partial charge in [0.2, 0.25) is 0 Å². The normalized spacial score (nSPS) is 12.7. The second-order valence-electron chi connectivity index (χ2n) is 14.0. The van der Waals surface area contributed by atoms with E-state index in [1.165, 1.54) is 89.0 Å². The summed E-state index contributed by atoms with van der Waals surface area (Å²) in [5.41, 5.74) is 19.8. The average Bonchev–Trinajstić information content (AvgIpc) is 3.70. The van der Waals surface area contributed by atoms with Crippen molar-refractivity contribution in [3.63, 3.8) is 0 Å². The minimum atomic E-state index is -0.454. The fraction of sp³-hybridized carbons (Fsp3) is 0.0189. The van der Waals surface area contributed by atoms with E-state index in [9.17, 15) is 0 Å². The Kier molecular flexibility index (Phi) is 7.48. The Bertz CT molecular complexity index is 2410. The molecule has 0 nitrogen and oxygen atoms in total. The van der Waals surface area contributed by atoms with Crippen molar-refractivity contribution in [3.05, 3.63) is 262 Å². The Hall–Kier alpha value is -6.76. The highest BCUT2D eigenvalue weighted by molar-refractivity contribution is 5.98. The van der Waals surface area contributed by atoms with Crippen LogP contribution in [-0.4, -0.2) is 0 Å². The number of hydrogen-bond donors (Lipinski definition) is 0. The van der Waals surface area contributed by atoms with Crippen LogP contribution in [0.5, 0.6) is 0 Å². The van der Waals surface area contributed by atoms with Crippen LogP contribution in [0.4, 0.5) is 0 Å². The highest BCUT2D eigenvalue weighted by Crippen LogP contribution is 2.63. The van der Waals surface area contributed by atoms with Crippen LogP contribution in [0.2, 0.25) is 0 Å². The van der Waals surface area contributed by atoms with Crippen molar-refractivity contribution >= 4 is 23.3 Å². The summed E-state index contributed by atoms with van der Waals surface area (Å²) in [4.78, 5) is 0. The van der Waals surface area contributed by atoms with Gasteiger partial charge in [0.15, 0.2) is 0 Å².